The molecule has 0 bridgehead atoms. The number of pyridine rings is 1. The van der Waals surface area contributed by atoms with Crippen LogP contribution in [0.3, 0.4) is 0 Å². The number of hydrogen-bond donors (Lipinski definition) is 2. The molecule has 0 fully saturated rings. The number of aromatic amines is 1. The molecule has 120 valence electrons. The number of allylic oxidation sites excluding steroid dienone is 3. The van der Waals surface area contributed by atoms with Crippen LogP contribution >= 0.6 is 11.8 Å². The van der Waals surface area contributed by atoms with Gasteiger partial charge < -0.3 is 10.1 Å². The van der Waals surface area contributed by atoms with Gasteiger partial charge in [-0.3, -0.25) is 4.99 Å². The number of phenols is 1. The van der Waals surface area contributed by atoms with Crippen LogP contribution in [0.25, 0.3) is 22.2 Å². The van der Waals surface area contributed by atoms with Crippen molar-refractivity contribution in [2.75, 3.05) is 0 Å². The Balaban J connectivity index is 2.01. The second-order valence-corrected chi connectivity index (χ2v) is 6.18. The number of aliphatic imine (C=N–C) groups is 1. The number of aromatic hydroxyl groups is 1. The van der Waals surface area contributed by atoms with Crippen LogP contribution in [-0.2, 0) is 0 Å². The quantitative estimate of drug-likeness (QED) is 0.385. The van der Waals surface area contributed by atoms with Gasteiger partial charge in [-0.05, 0) is 43.5 Å². The second kappa shape index (κ2) is 7.19. The molecule has 0 radical (unpaired) electrons. The molecular weight excluding hydrogens is 318 g/mol. The van der Waals surface area contributed by atoms with E-state index < -0.39 is 0 Å². The maximum Gasteiger partial charge on any atom is 0.138 e. The molecule has 3 aromatic rings. The highest BCUT2D eigenvalue weighted by atomic mass is 32.2. The van der Waals surface area contributed by atoms with Crippen molar-refractivity contribution < 1.29 is 5.11 Å². The largest absolute Gasteiger partial charge is 0.508 e. The van der Waals surface area contributed by atoms with Gasteiger partial charge in [-0.1, -0.05) is 36.0 Å². The van der Waals surface area contributed by atoms with Crippen molar-refractivity contribution in [3.8, 4) is 16.9 Å². The summed E-state index contributed by atoms with van der Waals surface area (Å²) >= 11 is 1.53. The molecule has 2 aromatic heterocycles. The molecule has 0 saturated heterocycles. The Kier molecular flexibility index (Phi) is 4.82. The number of phenolic OH excluding ortho intramolecular Hbond substituents is 1. The molecule has 0 unspecified atom stereocenters. The molecule has 0 spiro atoms. The third-order valence-corrected chi connectivity index (χ3v) is 4.51. The van der Waals surface area contributed by atoms with Crippen molar-refractivity contribution in [3.63, 3.8) is 0 Å². The Bertz CT molecular complexity index is 941. The highest BCUT2D eigenvalue weighted by Crippen LogP contribution is 2.35. The smallest absolute Gasteiger partial charge is 0.138 e. The van der Waals surface area contributed by atoms with E-state index in [9.17, 15) is 5.11 Å². The first-order valence-electron chi connectivity index (χ1n) is 7.45. The molecule has 0 aliphatic rings. The summed E-state index contributed by atoms with van der Waals surface area (Å²) in [6.45, 7) is 5.58. The van der Waals surface area contributed by atoms with Gasteiger partial charge in [-0.25, -0.2) is 4.98 Å². The van der Waals surface area contributed by atoms with E-state index in [2.05, 4.69) is 27.7 Å². The van der Waals surface area contributed by atoms with Gasteiger partial charge in [-0.2, -0.15) is 0 Å². The first-order valence-corrected chi connectivity index (χ1v) is 8.27. The average molecular weight is 335 g/mol. The van der Waals surface area contributed by atoms with E-state index in [4.69, 9.17) is 0 Å². The Morgan fingerprint density at radius 2 is 2.21 bits per heavy atom. The lowest BCUT2D eigenvalue weighted by Crippen LogP contribution is -1.82. The molecule has 1 aromatic carbocycles. The van der Waals surface area contributed by atoms with E-state index in [0.717, 1.165) is 32.1 Å². The summed E-state index contributed by atoms with van der Waals surface area (Å²) in [5.41, 5.74) is 2.69. The number of nitrogens with one attached hydrogen (secondary N) is 1. The van der Waals surface area contributed by atoms with Crippen LogP contribution in [0.5, 0.6) is 5.75 Å². The number of H-pyrrole nitrogens is 1. The molecule has 4 nitrogen and oxygen atoms in total. The van der Waals surface area contributed by atoms with Gasteiger partial charge in [-0.15, -0.1) is 0 Å². The summed E-state index contributed by atoms with van der Waals surface area (Å²) < 4.78 is 0. The lowest BCUT2D eigenvalue weighted by Gasteiger charge is -2.04. The van der Waals surface area contributed by atoms with Crippen molar-refractivity contribution in [1.82, 2.24) is 9.97 Å². The van der Waals surface area contributed by atoms with Crippen molar-refractivity contribution in [2.45, 2.75) is 11.8 Å². The third-order valence-electron chi connectivity index (χ3n) is 3.47. The zero-order valence-corrected chi connectivity index (χ0v) is 14.0. The Morgan fingerprint density at radius 3 is 2.96 bits per heavy atom. The van der Waals surface area contributed by atoms with Crippen LogP contribution in [0.1, 0.15) is 6.92 Å². The maximum atomic E-state index is 9.67. The van der Waals surface area contributed by atoms with Crippen LogP contribution in [0.4, 0.5) is 0 Å². The average Bonchev–Trinajstić information content (AvgIpc) is 3.00. The molecule has 0 saturated carbocycles. The first kappa shape index (κ1) is 16.1. The monoisotopic (exact) mass is 335 g/mol. The van der Waals surface area contributed by atoms with E-state index in [0.29, 0.717) is 0 Å². The molecule has 5 heteroatoms. The minimum Gasteiger partial charge on any atom is -0.508 e. The first-order chi connectivity index (χ1) is 11.7. The topological polar surface area (TPSA) is 61.3 Å². The van der Waals surface area contributed by atoms with Gasteiger partial charge in [0.25, 0.3) is 0 Å². The molecule has 0 amide bonds. The fourth-order valence-electron chi connectivity index (χ4n) is 2.32. The van der Waals surface area contributed by atoms with Crippen LogP contribution in [0.15, 0.2) is 75.9 Å². The summed E-state index contributed by atoms with van der Waals surface area (Å²) in [5.74, 6) is 0.240. The Morgan fingerprint density at radius 1 is 1.33 bits per heavy atom. The predicted octanol–water partition coefficient (Wildman–Crippen LogP) is 5.15. The van der Waals surface area contributed by atoms with Crippen molar-refractivity contribution in [2.24, 2.45) is 4.99 Å². The SMILES string of the molecule is C=N/C(=C\C=C/C)Sc1c[nH]c2ncc(-c3cccc(O)c3)cc12. The van der Waals surface area contributed by atoms with Crippen LogP contribution < -0.4 is 0 Å². The van der Waals surface area contributed by atoms with Crippen molar-refractivity contribution in [1.29, 1.82) is 0 Å². The van der Waals surface area contributed by atoms with E-state index >= 15 is 0 Å². The van der Waals surface area contributed by atoms with E-state index in [-0.39, 0.29) is 5.75 Å². The highest BCUT2D eigenvalue weighted by Gasteiger charge is 2.09. The lowest BCUT2D eigenvalue weighted by molar-refractivity contribution is 0.475. The molecule has 0 aliphatic carbocycles. The molecule has 3 rings (SSSR count). The number of rotatable bonds is 5. The summed E-state index contributed by atoms with van der Waals surface area (Å²) in [5, 5.41) is 11.5. The van der Waals surface area contributed by atoms with E-state index in [1.807, 2.05) is 43.5 Å². The van der Waals surface area contributed by atoms with Crippen molar-refractivity contribution >= 4 is 29.5 Å². The summed E-state index contributed by atoms with van der Waals surface area (Å²) in [7, 11) is 0. The molecular formula is C19H17N3OS. The second-order valence-electron chi connectivity index (χ2n) is 5.11. The molecule has 2 heterocycles. The van der Waals surface area contributed by atoms with Gasteiger partial charge in [0.15, 0.2) is 0 Å². The van der Waals surface area contributed by atoms with Gasteiger partial charge in [0.2, 0.25) is 0 Å². The van der Waals surface area contributed by atoms with Crippen molar-refractivity contribution in [3.05, 3.63) is 66.0 Å². The number of hydrogen-bond acceptors (Lipinski definition) is 4. The Labute approximate surface area is 144 Å². The molecule has 2 N–H and O–H groups in total. The van der Waals surface area contributed by atoms with Crippen LogP contribution in [0.2, 0.25) is 0 Å². The standard InChI is InChI=1S/C19H17N3OS/c1-3-4-8-18(20-2)24-17-12-22-19-16(17)10-14(11-21-19)13-6-5-7-15(23)9-13/h3-12,23H,2H2,1H3,(H,21,22)/b4-3-,18-8+. The van der Waals surface area contributed by atoms with Gasteiger partial charge in [0.05, 0.1) is 0 Å². The molecule has 0 aliphatic heterocycles. The number of nitrogens with zero attached hydrogens (tertiary/aromatic N) is 2. The summed E-state index contributed by atoms with van der Waals surface area (Å²) in [6, 6.07) is 9.21. The van der Waals surface area contributed by atoms with Crippen LogP contribution in [-0.4, -0.2) is 21.8 Å². The predicted molar refractivity (Wildman–Crippen MR) is 101 cm³/mol. The summed E-state index contributed by atoms with van der Waals surface area (Å²) in [4.78, 5) is 12.7. The normalized spacial score (nSPS) is 12.1. The molecule has 0 atom stereocenters. The number of thioether (sulfide) groups is 1. The van der Waals surface area contributed by atoms with Gasteiger partial charge in [0.1, 0.15) is 16.4 Å². The van der Waals surface area contributed by atoms with Gasteiger partial charge in [0, 0.05) is 28.2 Å². The third kappa shape index (κ3) is 3.41. The fourth-order valence-corrected chi connectivity index (χ4v) is 3.14. The van der Waals surface area contributed by atoms with E-state index in [1.165, 1.54) is 11.8 Å². The minimum atomic E-state index is 0.240. The maximum absolute atomic E-state index is 9.67. The van der Waals surface area contributed by atoms with Gasteiger partial charge >= 0.3 is 0 Å². The lowest BCUT2D eigenvalue weighted by atomic mass is 10.1. The molecule has 24 heavy (non-hydrogen) atoms. The highest BCUT2D eigenvalue weighted by molar-refractivity contribution is 8.03. The number of benzene rings is 1. The zero-order valence-electron chi connectivity index (χ0n) is 13.2. The fraction of sp³-hybridized carbons (Fsp3) is 0.0526. The minimum absolute atomic E-state index is 0.240. The Hall–Kier alpha value is -2.79. The number of aromatic nitrogens is 2. The summed E-state index contributed by atoms with van der Waals surface area (Å²) in [6.07, 6.45) is 9.52. The number of fused-ring (bicyclic) bond motifs is 1. The zero-order chi connectivity index (χ0) is 16.9. The van der Waals surface area contributed by atoms with Crippen LogP contribution in [0, 0.1) is 0 Å². The van der Waals surface area contributed by atoms with E-state index in [1.54, 1.807) is 18.3 Å².